The van der Waals surface area contributed by atoms with Gasteiger partial charge in [-0.15, -0.1) is 0 Å². The Bertz CT molecular complexity index is 358. The number of likely N-dealkylation sites (N-methyl/N-ethyl adjacent to an activating group) is 1. The second kappa shape index (κ2) is 8.26. The standard InChI is InChI=1S/C9H15INO.CH4O3S/c1-2-11(5-3-4-10)6-8-12-9-7-11;1-5(2,3)4/h2,5-9H2,1H3;1H3,(H,2,3,4)/q+1;/p-1. The van der Waals surface area contributed by atoms with Gasteiger partial charge >= 0.3 is 0 Å². The second-order valence-electron chi connectivity index (χ2n) is 3.85. The Labute approximate surface area is 117 Å². The third-order valence-corrected chi connectivity index (χ3v) is 2.95. The molecule has 0 amide bonds. The lowest BCUT2D eigenvalue weighted by Gasteiger charge is -2.38. The van der Waals surface area contributed by atoms with E-state index in [4.69, 9.17) is 17.7 Å². The maximum atomic E-state index is 9.08. The molecule has 0 bridgehead atoms. The van der Waals surface area contributed by atoms with E-state index in [2.05, 4.69) is 39.4 Å². The Balaban J connectivity index is 0.000000437. The van der Waals surface area contributed by atoms with Crippen molar-refractivity contribution in [3.05, 3.63) is 0 Å². The van der Waals surface area contributed by atoms with Crippen LogP contribution in [-0.4, -0.2) is 63.1 Å². The van der Waals surface area contributed by atoms with Crippen molar-refractivity contribution in [1.29, 1.82) is 0 Å². The zero-order valence-electron chi connectivity index (χ0n) is 10.1. The average molecular weight is 375 g/mol. The molecule has 0 atom stereocenters. The summed E-state index contributed by atoms with van der Waals surface area (Å²) in [6.07, 6.45) is 0.604. The monoisotopic (exact) mass is 375 g/mol. The van der Waals surface area contributed by atoms with E-state index >= 15 is 0 Å². The van der Waals surface area contributed by atoms with Crippen LogP contribution in [0.25, 0.3) is 0 Å². The molecule has 0 aromatic carbocycles. The van der Waals surface area contributed by atoms with Gasteiger partial charge in [-0.05, 0) is 16.8 Å². The number of quaternary nitrogens is 1. The van der Waals surface area contributed by atoms with Crippen molar-refractivity contribution >= 4 is 32.7 Å². The zero-order valence-corrected chi connectivity index (χ0v) is 13.1. The molecule has 100 valence electrons. The molecule has 1 rings (SSSR count). The van der Waals surface area contributed by atoms with Gasteiger partial charge in [0.1, 0.15) is 19.6 Å². The van der Waals surface area contributed by atoms with Gasteiger partial charge in [0.05, 0.1) is 29.9 Å². The molecule has 0 aliphatic carbocycles. The highest BCUT2D eigenvalue weighted by molar-refractivity contribution is 14.1. The molecule has 1 saturated heterocycles. The summed E-state index contributed by atoms with van der Waals surface area (Å²) in [5, 5.41) is 0. The van der Waals surface area contributed by atoms with Crippen LogP contribution in [0.1, 0.15) is 6.92 Å². The van der Waals surface area contributed by atoms with Gasteiger partial charge < -0.3 is 13.8 Å². The van der Waals surface area contributed by atoms with Crippen molar-refractivity contribution in [3.63, 3.8) is 0 Å². The summed E-state index contributed by atoms with van der Waals surface area (Å²) >= 11 is 2.10. The minimum Gasteiger partial charge on any atom is -0.748 e. The van der Waals surface area contributed by atoms with Crippen LogP contribution >= 0.6 is 22.6 Å². The van der Waals surface area contributed by atoms with Crippen LogP contribution in [0, 0.1) is 9.85 Å². The molecule has 5 nitrogen and oxygen atoms in total. The summed E-state index contributed by atoms with van der Waals surface area (Å²) in [5.41, 5.74) is 0. The predicted octanol–water partition coefficient (Wildman–Crippen LogP) is 0.411. The second-order valence-corrected chi connectivity index (χ2v) is 5.80. The first-order valence-corrected chi connectivity index (χ1v) is 8.15. The minimum atomic E-state index is -3.92. The van der Waals surface area contributed by atoms with E-state index in [1.54, 1.807) is 0 Å². The number of rotatable bonds is 2. The highest BCUT2D eigenvalue weighted by Gasteiger charge is 2.26. The van der Waals surface area contributed by atoms with Crippen LogP contribution in [0.2, 0.25) is 0 Å². The van der Waals surface area contributed by atoms with E-state index in [0.29, 0.717) is 6.26 Å². The van der Waals surface area contributed by atoms with Gasteiger partial charge in [0, 0.05) is 28.8 Å². The van der Waals surface area contributed by atoms with Crippen LogP contribution in [0.3, 0.4) is 0 Å². The van der Waals surface area contributed by atoms with Crippen molar-refractivity contribution in [3.8, 4) is 9.85 Å². The van der Waals surface area contributed by atoms with Gasteiger partial charge in [-0.2, -0.15) is 0 Å². The number of morpholine rings is 1. The molecule has 1 fully saturated rings. The summed E-state index contributed by atoms with van der Waals surface area (Å²) in [7, 11) is -3.92. The molecule has 0 aromatic heterocycles. The Morgan fingerprint density at radius 1 is 1.41 bits per heavy atom. The molecule has 17 heavy (non-hydrogen) atoms. The molecule has 0 saturated carbocycles. The first-order valence-electron chi connectivity index (χ1n) is 5.25. The predicted molar refractivity (Wildman–Crippen MR) is 73.6 cm³/mol. The van der Waals surface area contributed by atoms with Gasteiger partial charge in [0.15, 0.2) is 0 Å². The van der Waals surface area contributed by atoms with E-state index < -0.39 is 10.1 Å². The lowest BCUT2D eigenvalue weighted by molar-refractivity contribution is -0.927. The Morgan fingerprint density at radius 2 is 1.88 bits per heavy atom. The number of halogens is 1. The quantitative estimate of drug-likeness (QED) is 0.304. The molecular weight excluding hydrogens is 357 g/mol. The molecule has 1 heterocycles. The van der Waals surface area contributed by atoms with Crippen LogP contribution in [0.5, 0.6) is 0 Å². The molecule has 0 radical (unpaired) electrons. The molecule has 1 aliphatic rings. The molecular formula is C10H18INO4S. The topological polar surface area (TPSA) is 66.4 Å². The summed E-state index contributed by atoms with van der Waals surface area (Å²) in [6.45, 7) is 8.45. The van der Waals surface area contributed by atoms with Crippen LogP contribution in [-0.2, 0) is 14.9 Å². The largest absolute Gasteiger partial charge is 0.748 e. The third kappa shape index (κ3) is 9.79. The van der Waals surface area contributed by atoms with Crippen molar-refractivity contribution in [1.82, 2.24) is 0 Å². The molecule has 0 N–H and O–H groups in total. The van der Waals surface area contributed by atoms with Crippen molar-refractivity contribution < 1.29 is 22.2 Å². The molecule has 0 unspecified atom stereocenters. The molecule has 1 aliphatic heterocycles. The number of hydrogen-bond donors (Lipinski definition) is 0. The van der Waals surface area contributed by atoms with Gasteiger partial charge in [0.2, 0.25) is 0 Å². The smallest absolute Gasteiger partial charge is 0.141 e. The normalized spacial score (nSPS) is 18.4. The Kier molecular flexibility index (Phi) is 8.32. The minimum absolute atomic E-state index is 0.604. The highest BCUT2D eigenvalue weighted by atomic mass is 127. The van der Waals surface area contributed by atoms with Crippen LogP contribution in [0.15, 0.2) is 0 Å². The molecule has 0 aromatic rings. The van der Waals surface area contributed by atoms with Crippen molar-refractivity contribution in [2.45, 2.75) is 6.92 Å². The first kappa shape index (κ1) is 17.1. The van der Waals surface area contributed by atoms with E-state index in [9.17, 15) is 0 Å². The Morgan fingerprint density at radius 3 is 2.24 bits per heavy atom. The first-order chi connectivity index (χ1) is 7.83. The highest BCUT2D eigenvalue weighted by Crippen LogP contribution is 2.09. The summed E-state index contributed by atoms with van der Waals surface area (Å²) in [5.74, 6) is 3.16. The van der Waals surface area contributed by atoms with Gasteiger partial charge in [-0.3, -0.25) is 0 Å². The van der Waals surface area contributed by atoms with E-state index in [1.807, 2.05) is 0 Å². The molecule has 7 heteroatoms. The maximum Gasteiger partial charge on any atom is 0.141 e. The summed E-state index contributed by atoms with van der Waals surface area (Å²) in [6, 6.07) is 0. The fourth-order valence-corrected chi connectivity index (χ4v) is 1.68. The van der Waals surface area contributed by atoms with E-state index in [1.165, 1.54) is 6.54 Å². The third-order valence-electron chi connectivity index (χ3n) is 2.57. The fourth-order valence-electron chi connectivity index (χ4n) is 1.51. The lowest BCUT2D eigenvalue weighted by Crippen LogP contribution is -2.55. The fraction of sp³-hybridized carbons (Fsp3) is 0.800. The average Bonchev–Trinajstić information content (AvgIpc) is 2.25. The van der Waals surface area contributed by atoms with E-state index in [0.717, 1.165) is 37.3 Å². The number of nitrogens with zero attached hydrogens (tertiary/aromatic N) is 1. The molecule has 0 spiro atoms. The van der Waals surface area contributed by atoms with Crippen molar-refractivity contribution in [2.75, 3.05) is 45.6 Å². The van der Waals surface area contributed by atoms with Gasteiger partial charge in [0.25, 0.3) is 0 Å². The lowest BCUT2D eigenvalue weighted by atomic mass is 10.3. The maximum absolute atomic E-state index is 9.08. The Hall–Kier alpha value is 0.120. The number of ether oxygens (including phenoxy) is 1. The SMILES string of the molecule is CC[N+]1(CC#CI)CCOCC1.CS(=O)(=O)[O-]. The van der Waals surface area contributed by atoms with Crippen LogP contribution < -0.4 is 0 Å². The zero-order chi connectivity index (χ0) is 13.4. The van der Waals surface area contributed by atoms with Gasteiger partial charge in [-0.1, -0.05) is 0 Å². The van der Waals surface area contributed by atoms with Gasteiger partial charge in [-0.25, -0.2) is 8.42 Å². The van der Waals surface area contributed by atoms with E-state index in [-0.39, 0.29) is 0 Å². The summed E-state index contributed by atoms with van der Waals surface area (Å²) in [4.78, 5) is 0. The summed E-state index contributed by atoms with van der Waals surface area (Å²) < 4.78 is 36.6. The van der Waals surface area contributed by atoms with Crippen LogP contribution in [0.4, 0.5) is 0 Å². The van der Waals surface area contributed by atoms with Crippen molar-refractivity contribution in [2.24, 2.45) is 0 Å². The number of hydrogen-bond acceptors (Lipinski definition) is 4.